The maximum absolute atomic E-state index is 13.2. The summed E-state index contributed by atoms with van der Waals surface area (Å²) in [5.74, 6) is 5.31. The highest BCUT2D eigenvalue weighted by molar-refractivity contribution is 9.10. The molecule has 0 bridgehead atoms. The van der Waals surface area contributed by atoms with Crippen molar-refractivity contribution >= 4 is 15.9 Å². The number of rotatable bonds is 5. The Balaban J connectivity index is 2.04. The number of nitrogens with zero attached hydrogens (tertiary/aromatic N) is 1. The van der Waals surface area contributed by atoms with E-state index in [0.29, 0.717) is 10.9 Å². The second kappa shape index (κ2) is 6.75. The molecule has 19 heavy (non-hydrogen) atoms. The molecule has 0 aliphatic carbocycles. The van der Waals surface area contributed by atoms with Crippen LogP contribution in [0, 0.1) is 5.82 Å². The van der Waals surface area contributed by atoms with E-state index < -0.39 is 0 Å². The molecule has 3 nitrogen and oxygen atoms in total. The van der Waals surface area contributed by atoms with E-state index >= 15 is 0 Å². The number of benzene rings is 1. The molecule has 0 aliphatic heterocycles. The van der Waals surface area contributed by atoms with E-state index in [-0.39, 0.29) is 11.9 Å². The maximum Gasteiger partial charge on any atom is 0.137 e. The number of nitrogens with two attached hydrogens (primary N) is 1. The molecule has 2 rings (SSSR count). The lowest BCUT2D eigenvalue weighted by Crippen LogP contribution is -2.38. The highest BCUT2D eigenvalue weighted by Gasteiger charge is 2.10. The first kappa shape index (κ1) is 14.1. The Bertz CT molecular complexity index is 533. The molecule has 100 valence electrons. The summed E-state index contributed by atoms with van der Waals surface area (Å²) in [6.45, 7) is 0. The molecule has 2 aromatic rings. The Hall–Kier alpha value is -1.30. The van der Waals surface area contributed by atoms with Gasteiger partial charge in [0.2, 0.25) is 0 Å². The zero-order valence-corrected chi connectivity index (χ0v) is 11.9. The Kier molecular flexibility index (Phi) is 5.01. The number of hydrogen-bond donors (Lipinski definition) is 2. The summed E-state index contributed by atoms with van der Waals surface area (Å²) < 4.78 is 13.6. The fourth-order valence-electron chi connectivity index (χ4n) is 1.91. The predicted molar refractivity (Wildman–Crippen MR) is 76.9 cm³/mol. The molecule has 0 radical (unpaired) electrons. The lowest BCUT2D eigenvalue weighted by atomic mass is 10.0. The predicted octanol–water partition coefficient (Wildman–Crippen LogP) is 2.60. The Morgan fingerprint density at radius 1 is 1.26 bits per heavy atom. The molecule has 1 aromatic carbocycles. The largest absolute Gasteiger partial charge is 0.271 e. The van der Waals surface area contributed by atoms with Crippen molar-refractivity contribution in [2.75, 3.05) is 0 Å². The number of hydrazine groups is 1. The van der Waals surface area contributed by atoms with Crippen LogP contribution in [0.3, 0.4) is 0 Å². The minimum atomic E-state index is -0.259. The lowest BCUT2D eigenvalue weighted by Gasteiger charge is -2.15. The molecular formula is C14H15BrFN3. The normalized spacial score (nSPS) is 12.4. The molecule has 0 amide bonds. The fourth-order valence-corrected chi connectivity index (χ4v) is 2.34. The van der Waals surface area contributed by atoms with Crippen LogP contribution in [-0.2, 0) is 12.8 Å². The van der Waals surface area contributed by atoms with Crippen molar-refractivity contribution in [2.24, 2.45) is 5.84 Å². The smallest absolute Gasteiger partial charge is 0.137 e. The van der Waals surface area contributed by atoms with Crippen molar-refractivity contribution < 1.29 is 4.39 Å². The average Bonchev–Trinajstić information content (AvgIpc) is 2.43. The van der Waals surface area contributed by atoms with Gasteiger partial charge < -0.3 is 0 Å². The molecule has 0 saturated heterocycles. The second-order valence-electron chi connectivity index (χ2n) is 4.34. The van der Waals surface area contributed by atoms with E-state index in [1.54, 1.807) is 18.3 Å². The molecule has 0 fully saturated rings. The standard InChI is InChI=1S/C14H15BrFN3/c15-13-8-10(4-5-14(13)16)7-12(19-17)9-11-3-1-2-6-18-11/h1-6,8,12,19H,7,9,17H2. The van der Waals surface area contributed by atoms with E-state index in [0.717, 1.165) is 17.7 Å². The maximum atomic E-state index is 13.2. The number of hydrogen-bond acceptors (Lipinski definition) is 3. The second-order valence-corrected chi connectivity index (χ2v) is 5.20. The lowest BCUT2D eigenvalue weighted by molar-refractivity contribution is 0.516. The summed E-state index contributed by atoms with van der Waals surface area (Å²) >= 11 is 3.19. The number of halogens is 2. The van der Waals surface area contributed by atoms with Crippen LogP contribution in [0.25, 0.3) is 0 Å². The molecule has 5 heteroatoms. The van der Waals surface area contributed by atoms with Crippen LogP contribution in [0.1, 0.15) is 11.3 Å². The van der Waals surface area contributed by atoms with Crippen LogP contribution in [0.5, 0.6) is 0 Å². The van der Waals surface area contributed by atoms with Crippen LogP contribution in [-0.4, -0.2) is 11.0 Å². The summed E-state index contributed by atoms with van der Waals surface area (Å²) in [4.78, 5) is 4.27. The first-order chi connectivity index (χ1) is 9.19. The zero-order chi connectivity index (χ0) is 13.7. The summed E-state index contributed by atoms with van der Waals surface area (Å²) in [7, 11) is 0. The molecule has 1 heterocycles. The van der Waals surface area contributed by atoms with Crippen molar-refractivity contribution in [2.45, 2.75) is 18.9 Å². The van der Waals surface area contributed by atoms with Gasteiger partial charge in [-0.05, 0) is 52.2 Å². The third-order valence-electron chi connectivity index (χ3n) is 2.88. The molecule has 1 unspecified atom stereocenters. The molecule has 0 spiro atoms. The van der Waals surface area contributed by atoms with E-state index in [9.17, 15) is 4.39 Å². The number of aromatic nitrogens is 1. The molecular weight excluding hydrogens is 309 g/mol. The minimum Gasteiger partial charge on any atom is -0.271 e. The van der Waals surface area contributed by atoms with Gasteiger partial charge >= 0.3 is 0 Å². The van der Waals surface area contributed by atoms with Gasteiger partial charge in [-0.2, -0.15) is 0 Å². The first-order valence-corrected chi connectivity index (χ1v) is 6.78. The third kappa shape index (κ3) is 4.09. The van der Waals surface area contributed by atoms with Crippen LogP contribution in [0.15, 0.2) is 47.1 Å². The molecule has 1 aromatic heterocycles. The number of nitrogens with one attached hydrogen (secondary N) is 1. The summed E-state index contributed by atoms with van der Waals surface area (Å²) in [6, 6.07) is 10.8. The minimum absolute atomic E-state index is 0.0623. The van der Waals surface area contributed by atoms with E-state index in [1.165, 1.54) is 6.07 Å². The van der Waals surface area contributed by atoms with E-state index in [1.807, 2.05) is 18.2 Å². The topological polar surface area (TPSA) is 50.9 Å². The van der Waals surface area contributed by atoms with Crippen LogP contribution >= 0.6 is 15.9 Å². The SMILES string of the molecule is NNC(Cc1ccc(F)c(Br)c1)Cc1ccccn1. The Morgan fingerprint density at radius 3 is 2.74 bits per heavy atom. The van der Waals surface area contributed by atoms with Gasteiger partial charge in [0.15, 0.2) is 0 Å². The van der Waals surface area contributed by atoms with Crippen LogP contribution < -0.4 is 11.3 Å². The van der Waals surface area contributed by atoms with Gasteiger partial charge in [0.25, 0.3) is 0 Å². The zero-order valence-electron chi connectivity index (χ0n) is 10.3. The fraction of sp³-hybridized carbons (Fsp3) is 0.214. The molecule has 0 aliphatic rings. The van der Waals surface area contributed by atoms with Crippen LogP contribution in [0.2, 0.25) is 0 Å². The van der Waals surface area contributed by atoms with Crippen molar-refractivity contribution in [1.82, 2.24) is 10.4 Å². The highest BCUT2D eigenvalue weighted by Crippen LogP contribution is 2.18. The van der Waals surface area contributed by atoms with Gasteiger partial charge in [0.05, 0.1) is 4.47 Å². The quantitative estimate of drug-likeness (QED) is 0.657. The Labute approximate surface area is 120 Å². The van der Waals surface area contributed by atoms with Gasteiger partial charge in [-0.1, -0.05) is 12.1 Å². The van der Waals surface area contributed by atoms with E-state index in [4.69, 9.17) is 5.84 Å². The molecule has 0 saturated carbocycles. The Morgan fingerprint density at radius 2 is 2.11 bits per heavy atom. The van der Waals surface area contributed by atoms with Gasteiger partial charge in [-0.15, -0.1) is 0 Å². The molecule has 3 N–H and O–H groups in total. The van der Waals surface area contributed by atoms with Gasteiger partial charge in [-0.25, -0.2) is 4.39 Å². The van der Waals surface area contributed by atoms with E-state index in [2.05, 4.69) is 26.3 Å². The van der Waals surface area contributed by atoms with Crippen LogP contribution in [0.4, 0.5) is 4.39 Å². The number of pyridine rings is 1. The summed E-state index contributed by atoms with van der Waals surface area (Å²) in [6.07, 6.45) is 3.20. The van der Waals surface area contributed by atoms with Gasteiger partial charge in [0, 0.05) is 24.4 Å². The summed E-state index contributed by atoms with van der Waals surface area (Å²) in [5, 5.41) is 0. The monoisotopic (exact) mass is 323 g/mol. The van der Waals surface area contributed by atoms with Crippen molar-refractivity contribution in [3.63, 3.8) is 0 Å². The first-order valence-electron chi connectivity index (χ1n) is 5.99. The van der Waals surface area contributed by atoms with Gasteiger partial charge in [0.1, 0.15) is 5.82 Å². The van der Waals surface area contributed by atoms with Crippen molar-refractivity contribution in [3.05, 3.63) is 64.1 Å². The van der Waals surface area contributed by atoms with Gasteiger partial charge in [-0.3, -0.25) is 16.3 Å². The summed E-state index contributed by atoms with van der Waals surface area (Å²) in [5.41, 5.74) is 4.78. The highest BCUT2D eigenvalue weighted by atomic mass is 79.9. The third-order valence-corrected chi connectivity index (χ3v) is 3.49. The molecule has 1 atom stereocenters. The van der Waals surface area contributed by atoms with Crippen molar-refractivity contribution in [3.8, 4) is 0 Å². The average molecular weight is 324 g/mol. The van der Waals surface area contributed by atoms with Crippen molar-refractivity contribution in [1.29, 1.82) is 0 Å².